The second-order valence-electron chi connectivity index (χ2n) is 3.51. The van der Waals surface area contributed by atoms with E-state index >= 15 is 0 Å². The second kappa shape index (κ2) is 4.69. The SMILES string of the molecule is CC(N)c1csc(CCN(C)C)n1. The molecule has 0 aliphatic heterocycles. The summed E-state index contributed by atoms with van der Waals surface area (Å²) in [6, 6.07) is 0.0596. The van der Waals surface area contributed by atoms with E-state index in [1.54, 1.807) is 11.3 Å². The Morgan fingerprint density at radius 1 is 1.62 bits per heavy atom. The quantitative estimate of drug-likeness (QED) is 0.794. The Labute approximate surface area is 83.6 Å². The molecule has 2 N–H and O–H groups in total. The molecule has 0 saturated carbocycles. The summed E-state index contributed by atoms with van der Waals surface area (Å²) in [5.74, 6) is 0. The molecule has 1 atom stereocenters. The van der Waals surface area contributed by atoms with Crippen molar-refractivity contribution in [2.75, 3.05) is 20.6 Å². The van der Waals surface area contributed by atoms with Crippen molar-refractivity contribution in [1.29, 1.82) is 0 Å². The first-order valence-electron chi connectivity index (χ1n) is 4.44. The van der Waals surface area contributed by atoms with E-state index in [1.807, 2.05) is 6.92 Å². The fourth-order valence-corrected chi connectivity index (χ4v) is 1.86. The minimum Gasteiger partial charge on any atom is -0.323 e. The monoisotopic (exact) mass is 199 g/mol. The van der Waals surface area contributed by atoms with Crippen molar-refractivity contribution in [1.82, 2.24) is 9.88 Å². The third kappa shape index (κ3) is 3.42. The molecule has 74 valence electrons. The van der Waals surface area contributed by atoms with Crippen LogP contribution < -0.4 is 5.73 Å². The fraction of sp³-hybridized carbons (Fsp3) is 0.667. The van der Waals surface area contributed by atoms with E-state index in [0.717, 1.165) is 18.7 Å². The molecule has 1 unspecified atom stereocenters. The maximum absolute atomic E-state index is 5.72. The average Bonchev–Trinajstić information content (AvgIpc) is 2.48. The van der Waals surface area contributed by atoms with Crippen LogP contribution in [0.25, 0.3) is 0 Å². The van der Waals surface area contributed by atoms with Crippen LogP contribution in [0.2, 0.25) is 0 Å². The van der Waals surface area contributed by atoms with Crippen LogP contribution in [0.4, 0.5) is 0 Å². The van der Waals surface area contributed by atoms with Crippen molar-refractivity contribution in [3.05, 3.63) is 16.1 Å². The van der Waals surface area contributed by atoms with E-state index in [9.17, 15) is 0 Å². The zero-order chi connectivity index (χ0) is 9.84. The van der Waals surface area contributed by atoms with Crippen LogP contribution >= 0.6 is 11.3 Å². The second-order valence-corrected chi connectivity index (χ2v) is 4.45. The van der Waals surface area contributed by atoms with Gasteiger partial charge in [0, 0.05) is 24.4 Å². The maximum atomic E-state index is 5.72. The smallest absolute Gasteiger partial charge is 0.0941 e. The first kappa shape index (κ1) is 10.6. The van der Waals surface area contributed by atoms with Gasteiger partial charge in [-0.3, -0.25) is 0 Å². The maximum Gasteiger partial charge on any atom is 0.0941 e. The topological polar surface area (TPSA) is 42.1 Å². The lowest BCUT2D eigenvalue weighted by atomic mass is 10.3. The fourth-order valence-electron chi connectivity index (χ4n) is 0.968. The molecule has 3 nitrogen and oxygen atoms in total. The Bertz CT molecular complexity index is 255. The Morgan fingerprint density at radius 2 is 2.31 bits per heavy atom. The van der Waals surface area contributed by atoms with Gasteiger partial charge in [-0.2, -0.15) is 0 Å². The highest BCUT2D eigenvalue weighted by Crippen LogP contribution is 2.15. The lowest BCUT2D eigenvalue weighted by Crippen LogP contribution is -2.15. The van der Waals surface area contributed by atoms with Crippen molar-refractivity contribution in [3.8, 4) is 0 Å². The van der Waals surface area contributed by atoms with E-state index in [0.29, 0.717) is 0 Å². The molecular weight excluding hydrogens is 182 g/mol. The average molecular weight is 199 g/mol. The number of thiazole rings is 1. The minimum absolute atomic E-state index is 0.0596. The zero-order valence-electron chi connectivity index (χ0n) is 8.45. The molecule has 4 heteroatoms. The van der Waals surface area contributed by atoms with Crippen LogP contribution in [0.15, 0.2) is 5.38 Å². The number of nitrogens with zero attached hydrogens (tertiary/aromatic N) is 2. The van der Waals surface area contributed by atoms with Crippen LogP contribution in [0.3, 0.4) is 0 Å². The van der Waals surface area contributed by atoms with Gasteiger partial charge >= 0.3 is 0 Å². The lowest BCUT2D eigenvalue weighted by molar-refractivity contribution is 0.413. The summed E-state index contributed by atoms with van der Waals surface area (Å²) in [7, 11) is 4.14. The highest BCUT2D eigenvalue weighted by molar-refractivity contribution is 7.09. The molecule has 1 aromatic rings. The molecule has 0 amide bonds. The molecule has 0 spiro atoms. The molecule has 0 aromatic carbocycles. The molecule has 0 radical (unpaired) electrons. The van der Waals surface area contributed by atoms with Gasteiger partial charge in [-0.05, 0) is 21.0 Å². The third-order valence-corrected chi connectivity index (χ3v) is 2.74. The Morgan fingerprint density at radius 3 is 2.77 bits per heavy atom. The van der Waals surface area contributed by atoms with Crippen molar-refractivity contribution in [2.45, 2.75) is 19.4 Å². The first-order valence-corrected chi connectivity index (χ1v) is 5.32. The van der Waals surface area contributed by atoms with Gasteiger partial charge in [-0.25, -0.2) is 4.98 Å². The molecule has 0 saturated heterocycles. The molecule has 0 bridgehead atoms. The van der Waals surface area contributed by atoms with Gasteiger partial charge in [0.05, 0.1) is 10.7 Å². The van der Waals surface area contributed by atoms with Gasteiger partial charge < -0.3 is 10.6 Å². The normalized spacial score (nSPS) is 13.6. The summed E-state index contributed by atoms with van der Waals surface area (Å²) in [6.45, 7) is 3.01. The van der Waals surface area contributed by atoms with E-state index in [1.165, 1.54) is 5.01 Å². The van der Waals surface area contributed by atoms with Gasteiger partial charge in [0.25, 0.3) is 0 Å². The van der Waals surface area contributed by atoms with Crippen LogP contribution in [0.1, 0.15) is 23.7 Å². The lowest BCUT2D eigenvalue weighted by Gasteiger charge is -2.06. The van der Waals surface area contributed by atoms with Gasteiger partial charge in [0.2, 0.25) is 0 Å². The summed E-state index contributed by atoms with van der Waals surface area (Å²) in [4.78, 5) is 6.61. The number of aromatic nitrogens is 1. The molecule has 0 aliphatic rings. The van der Waals surface area contributed by atoms with Crippen LogP contribution in [0.5, 0.6) is 0 Å². The Balaban J connectivity index is 2.49. The van der Waals surface area contributed by atoms with Gasteiger partial charge in [0.1, 0.15) is 0 Å². The third-order valence-electron chi connectivity index (χ3n) is 1.81. The summed E-state index contributed by atoms with van der Waals surface area (Å²) < 4.78 is 0. The van der Waals surface area contributed by atoms with E-state index < -0.39 is 0 Å². The number of hydrogen-bond donors (Lipinski definition) is 1. The molecular formula is C9H17N3S. The molecule has 0 aliphatic carbocycles. The zero-order valence-corrected chi connectivity index (χ0v) is 9.27. The molecule has 0 fully saturated rings. The van der Waals surface area contributed by atoms with E-state index in [2.05, 4.69) is 29.4 Å². The molecule has 1 aromatic heterocycles. The predicted octanol–water partition coefficient (Wildman–Crippen LogP) is 1.27. The standard InChI is InChI=1S/C9H17N3S/c1-7(10)8-6-13-9(11-8)4-5-12(2)3/h6-7H,4-5,10H2,1-3H3. The minimum atomic E-state index is 0.0596. The van der Waals surface area contributed by atoms with Gasteiger partial charge in [0.15, 0.2) is 0 Å². The van der Waals surface area contributed by atoms with Crippen molar-refractivity contribution >= 4 is 11.3 Å². The van der Waals surface area contributed by atoms with Gasteiger partial charge in [-0.15, -0.1) is 11.3 Å². The summed E-state index contributed by atoms with van der Waals surface area (Å²) in [5, 5.41) is 3.23. The van der Waals surface area contributed by atoms with E-state index in [-0.39, 0.29) is 6.04 Å². The van der Waals surface area contributed by atoms with Crippen LogP contribution in [0, 0.1) is 0 Å². The van der Waals surface area contributed by atoms with Crippen molar-refractivity contribution in [3.63, 3.8) is 0 Å². The predicted molar refractivity (Wildman–Crippen MR) is 57.0 cm³/mol. The van der Waals surface area contributed by atoms with E-state index in [4.69, 9.17) is 5.73 Å². The number of rotatable bonds is 4. The highest BCUT2D eigenvalue weighted by atomic mass is 32.1. The van der Waals surface area contributed by atoms with Crippen LogP contribution in [-0.2, 0) is 6.42 Å². The largest absolute Gasteiger partial charge is 0.323 e. The van der Waals surface area contributed by atoms with Gasteiger partial charge in [-0.1, -0.05) is 0 Å². The number of hydrogen-bond acceptors (Lipinski definition) is 4. The highest BCUT2D eigenvalue weighted by Gasteiger charge is 2.05. The Hall–Kier alpha value is -0.450. The summed E-state index contributed by atoms with van der Waals surface area (Å²) in [5.41, 5.74) is 6.73. The Kier molecular flexibility index (Phi) is 3.84. The first-order chi connectivity index (χ1) is 6.09. The number of nitrogens with two attached hydrogens (primary N) is 1. The van der Waals surface area contributed by atoms with Crippen LogP contribution in [-0.4, -0.2) is 30.5 Å². The van der Waals surface area contributed by atoms with Crippen molar-refractivity contribution in [2.24, 2.45) is 5.73 Å². The molecule has 1 heterocycles. The molecule has 1 rings (SSSR count). The summed E-state index contributed by atoms with van der Waals surface area (Å²) >= 11 is 1.70. The molecule has 13 heavy (non-hydrogen) atoms. The summed E-state index contributed by atoms with van der Waals surface area (Å²) in [6.07, 6.45) is 1.02. The van der Waals surface area contributed by atoms with Crippen molar-refractivity contribution < 1.29 is 0 Å². The number of likely N-dealkylation sites (N-methyl/N-ethyl adjacent to an activating group) is 1.